The van der Waals surface area contributed by atoms with Crippen LogP contribution in [0.1, 0.15) is 0 Å². The molecule has 0 radical (unpaired) electrons. The number of nitrogens with zero attached hydrogens (tertiary/aromatic N) is 2. The third-order valence-electron chi connectivity index (χ3n) is 2.60. The van der Waals surface area contributed by atoms with Crippen molar-refractivity contribution in [2.24, 2.45) is 0 Å². The van der Waals surface area contributed by atoms with Gasteiger partial charge in [0.1, 0.15) is 5.69 Å². The molecule has 0 saturated heterocycles. The van der Waals surface area contributed by atoms with Crippen LogP contribution in [0.4, 0.5) is 11.4 Å². The lowest BCUT2D eigenvalue weighted by molar-refractivity contribution is 0.458. The molecule has 3 rings (SSSR count). The van der Waals surface area contributed by atoms with Gasteiger partial charge in [0.05, 0.1) is 23.5 Å². The molecule has 0 amide bonds. The highest BCUT2D eigenvalue weighted by atomic mass is 16.5. The summed E-state index contributed by atoms with van der Waals surface area (Å²) in [4.78, 5) is 3.95. The number of nitrogen functional groups attached to an aromatic ring is 2. The summed E-state index contributed by atoms with van der Waals surface area (Å²) in [7, 11) is 0. The fourth-order valence-corrected chi connectivity index (χ4v) is 1.76. The molecule has 2 heterocycles. The summed E-state index contributed by atoms with van der Waals surface area (Å²) in [5.41, 5.74) is 15.0. The summed E-state index contributed by atoms with van der Waals surface area (Å²) >= 11 is 0. The minimum Gasteiger partial charge on any atom is -0.399 e. The highest BCUT2D eigenvalue weighted by molar-refractivity contribution is 5.99. The van der Waals surface area contributed by atoms with Gasteiger partial charge in [-0.3, -0.25) is 4.98 Å². The van der Waals surface area contributed by atoms with Gasteiger partial charge < -0.3 is 16.0 Å². The topological polar surface area (TPSA) is 91.0 Å². The maximum absolute atomic E-state index is 5.88. The van der Waals surface area contributed by atoms with E-state index in [-0.39, 0.29) is 0 Å². The van der Waals surface area contributed by atoms with Crippen LogP contribution >= 0.6 is 0 Å². The minimum atomic E-state index is 0.551. The van der Waals surface area contributed by atoms with E-state index in [1.165, 1.54) is 0 Å². The molecule has 0 aliphatic rings. The Morgan fingerprint density at radius 3 is 2.53 bits per heavy atom. The fourth-order valence-electron chi connectivity index (χ4n) is 1.76. The van der Waals surface area contributed by atoms with E-state index >= 15 is 0 Å². The second-order valence-electron chi connectivity index (χ2n) is 3.76. The van der Waals surface area contributed by atoms with Crippen LogP contribution in [0.25, 0.3) is 22.2 Å². The molecule has 0 fully saturated rings. The average molecular weight is 226 g/mol. The van der Waals surface area contributed by atoms with E-state index in [0.29, 0.717) is 22.7 Å². The maximum atomic E-state index is 5.88. The molecular formula is C12H10N4O. The molecule has 0 atom stereocenters. The molecule has 2 aromatic heterocycles. The van der Waals surface area contributed by atoms with Crippen LogP contribution in [0.5, 0.6) is 0 Å². The van der Waals surface area contributed by atoms with Gasteiger partial charge >= 0.3 is 0 Å². The Balaban J connectivity index is 2.27. The van der Waals surface area contributed by atoms with Gasteiger partial charge in [0.25, 0.3) is 0 Å². The lowest BCUT2D eigenvalue weighted by Gasteiger charge is -1.99. The number of hydrogen-bond acceptors (Lipinski definition) is 5. The normalized spacial score (nSPS) is 10.8. The van der Waals surface area contributed by atoms with Crippen molar-refractivity contribution in [1.29, 1.82) is 0 Å². The highest BCUT2D eigenvalue weighted by Gasteiger charge is 2.12. The fraction of sp³-hybridized carbons (Fsp3) is 0. The van der Waals surface area contributed by atoms with Gasteiger partial charge in [-0.1, -0.05) is 17.3 Å². The number of nitrogens with two attached hydrogens (primary N) is 2. The number of aromatic nitrogens is 2. The largest absolute Gasteiger partial charge is 0.399 e. The molecule has 0 spiro atoms. The SMILES string of the molecule is Nc1ccc(-c2noc3cncc(N)c23)cc1. The van der Waals surface area contributed by atoms with Crippen LogP contribution in [-0.2, 0) is 0 Å². The van der Waals surface area contributed by atoms with Gasteiger partial charge in [-0.15, -0.1) is 0 Å². The van der Waals surface area contributed by atoms with E-state index in [2.05, 4.69) is 10.1 Å². The molecule has 1 aromatic carbocycles. The molecule has 0 bridgehead atoms. The van der Waals surface area contributed by atoms with E-state index in [1.54, 1.807) is 12.4 Å². The first-order valence-electron chi connectivity index (χ1n) is 5.10. The predicted octanol–water partition coefficient (Wildman–Crippen LogP) is 2.05. The summed E-state index contributed by atoms with van der Waals surface area (Å²) in [6, 6.07) is 7.39. The van der Waals surface area contributed by atoms with E-state index in [1.807, 2.05) is 24.3 Å². The first-order chi connectivity index (χ1) is 8.25. The van der Waals surface area contributed by atoms with Gasteiger partial charge in [-0.25, -0.2) is 0 Å². The third kappa shape index (κ3) is 1.48. The Kier molecular flexibility index (Phi) is 1.98. The van der Waals surface area contributed by atoms with Crippen molar-refractivity contribution in [3.8, 4) is 11.3 Å². The lowest BCUT2D eigenvalue weighted by atomic mass is 10.1. The number of hydrogen-bond donors (Lipinski definition) is 2. The molecule has 0 aliphatic carbocycles. The Labute approximate surface area is 97.0 Å². The van der Waals surface area contributed by atoms with Crippen LogP contribution in [-0.4, -0.2) is 10.1 Å². The molecule has 0 saturated carbocycles. The summed E-state index contributed by atoms with van der Waals surface area (Å²) in [6.07, 6.45) is 3.18. The molecular weight excluding hydrogens is 216 g/mol. The Hall–Kier alpha value is -2.56. The first kappa shape index (κ1) is 9.65. The maximum Gasteiger partial charge on any atom is 0.187 e. The number of benzene rings is 1. The van der Waals surface area contributed by atoms with E-state index in [4.69, 9.17) is 16.0 Å². The van der Waals surface area contributed by atoms with Crippen molar-refractivity contribution in [2.45, 2.75) is 0 Å². The van der Waals surface area contributed by atoms with Crippen molar-refractivity contribution in [3.63, 3.8) is 0 Å². The molecule has 5 heteroatoms. The molecule has 3 aromatic rings. The number of fused-ring (bicyclic) bond motifs is 1. The molecule has 4 N–H and O–H groups in total. The van der Waals surface area contributed by atoms with Gasteiger partial charge in [0.2, 0.25) is 0 Å². The van der Waals surface area contributed by atoms with E-state index in [9.17, 15) is 0 Å². The second kappa shape index (κ2) is 3.48. The monoisotopic (exact) mass is 226 g/mol. The zero-order valence-corrected chi connectivity index (χ0v) is 8.92. The quantitative estimate of drug-likeness (QED) is 0.619. The van der Waals surface area contributed by atoms with Crippen molar-refractivity contribution >= 4 is 22.3 Å². The average Bonchev–Trinajstić information content (AvgIpc) is 2.75. The van der Waals surface area contributed by atoms with Crippen molar-refractivity contribution in [2.75, 3.05) is 11.5 Å². The summed E-state index contributed by atoms with van der Waals surface area (Å²) in [6.45, 7) is 0. The van der Waals surface area contributed by atoms with Crippen molar-refractivity contribution in [1.82, 2.24) is 10.1 Å². The van der Waals surface area contributed by atoms with E-state index < -0.39 is 0 Å². The lowest BCUT2D eigenvalue weighted by Crippen LogP contribution is -1.89. The van der Waals surface area contributed by atoms with Crippen LogP contribution < -0.4 is 11.5 Å². The third-order valence-corrected chi connectivity index (χ3v) is 2.60. The summed E-state index contributed by atoms with van der Waals surface area (Å²) in [5.74, 6) is 0. The molecule has 0 aliphatic heterocycles. The van der Waals surface area contributed by atoms with Gasteiger partial charge in [-0.2, -0.15) is 0 Å². The smallest absolute Gasteiger partial charge is 0.187 e. The number of pyridine rings is 1. The summed E-state index contributed by atoms with van der Waals surface area (Å²) in [5, 5.41) is 4.80. The van der Waals surface area contributed by atoms with E-state index in [0.717, 1.165) is 10.9 Å². The van der Waals surface area contributed by atoms with Crippen LogP contribution in [0, 0.1) is 0 Å². The Bertz CT molecular complexity index is 673. The zero-order chi connectivity index (χ0) is 11.8. The standard InChI is InChI=1S/C12H10N4O/c13-8-3-1-7(2-4-8)12-11-9(14)5-15-6-10(11)17-16-12/h1-6H,13-14H2. The molecule has 5 nitrogen and oxygen atoms in total. The van der Waals surface area contributed by atoms with Crippen molar-refractivity contribution < 1.29 is 4.52 Å². The molecule has 17 heavy (non-hydrogen) atoms. The minimum absolute atomic E-state index is 0.551. The Morgan fingerprint density at radius 1 is 1.00 bits per heavy atom. The molecule has 0 unspecified atom stereocenters. The number of anilines is 2. The van der Waals surface area contributed by atoms with Gasteiger partial charge in [0.15, 0.2) is 5.58 Å². The van der Waals surface area contributed by atoms with Crippen LogP contribution in [0.3, 0.4) is 0 Å². The van der Waals surface area contributed by atoms with Crippen LogP contribution in [0.2, 0.25) is 0 Å². The van der Waals surface area contributed by atoms with Gasteiger partial charge in [0, 0.05) is 11.3 Å². The highest BCUT2D eigenvalue weighted by Crippen LogP contribution is 2.31. The van der Waals surface area contributed by atoms with Gasteiger partial charge in [-0.05, 0) is 12.1 Å². The van der Waals surface area contributed by atoms with Crippen LogP contribution in [0.15, 0.2) is 41.2 Å². The summed E-state index contributed by atoms with van der Waals surface area (Å²) < 4.78 is 5.19. The first-order valence-corrected chi connectivity index (χ1v) is 5.10. The molecule has 84 valence electrons. The predicted molar refractivity (Wildman–Crippen MR) is 66.1 cm³/mol. The zero-order valence-electron chi connectivity index (χ0n) is 8.92. The van der Waals surface area contributed by atoms with Crippen molar-refractivity contribution in [3.05, 3.63) is 36.7 Å². The number of rotatable bonds is 1. The second-order valence-corrected chi connectivity index (χ2v) is 3.76. The Morgan fingerprint density at radius 2 is 1.76 bits per heavy atom.